The molecule has 2 aromatic rings. The zero-order valence-corrected chi connectivity index (χ0v) is 13.8. The van der Waals surface area contributed by atoms with Crippen molar-refractivity contribution < 1.29 is 22.8 Å². The second-order valence-corrected chi connectivity index (χ2v) is 6.95. The van der Waals surface area contributed by atoms with Gasteiger partial charge in [-0.15, -0.1) is 0 Å². The largest absolute Gasteiger partial charge is 0.416 e. The molecule has 1 saturated heterocycles. The fourth-order valence-electron chi connectivity index (χ4n) is 3.95. The number of benzene rings is 2. The molecule has 1 aliphatic heterocycles. The quantitative estimate of drug-likeness (QED) is 0.773. The summed E-state index contributed by atoms with van der Waals surface area (Å²) in [5.74, 6) is -1.23. The van der Waals surface area contributed by atoms with Gasteiger partial charge >= 0.3 is 6.18 Å². The molecule has 2 fully saturated rings. The second kappa shape index (κ2) is 5.69. The standard InChI is InChI=1S/C20H16F3NO2/c21-20(22,23)15-9-5-4-8-14(15)16-10-19(16)11-17(25)24(18(19)26)12-13-6-2-1-3-7-13/h1-9,16H,10-12H2. The molecule has 2 atom stereocenters. The molecule has 0 N–H and O–H groups in total. The monoisotopic (exact) mass is 359 g/mol. The molecule has 0 aromatic heterocycles. The van der Waals surface area contributed by atoms with Crippen LogP contribution in [0.1, 0.15) is 35.4 Å². The van der Waals surface area contributed by atoms with E-state index in [2.05, 4.69) is 0 Å². The fourth-order valence-corrected chi connectivity index (χ4v) is 3.95. The third-order valence-corrected chi connectivity index (χ3v) is 5.34. The number of carbonyl (C=O) groups is 2. The summed E-state index contributed by atoms with van der Waals surface area (Å²) in [7, 11) is 0. The third-order valence-electron chi connectivity index (χ3n) is 5.34. The highest BCUT2D eigenvalue weighted by atomic mass is 19.4. The molecule has 26 heavy (non-hydrogen) atoms. The van der Waals surface area contributed by atoms with E-state index < -0.39 is 23.1 Å². The summed E-state index contributed by atoms with van der Waals surface area (Å²) in [6.45, 7) is 0.161. The molecule has 2 aliphatic rings. The molecule has 6 heteroatoms. The van der Waals surface area contributed by atoms with E-state index in [1.54, 1.807) is 6.07 Å². The van der Waals surface area contributed by atoms with Crippen LogP contribution in [-0.4, -0.2) is 16.7 Å². The van der Waals surface area contributed by atoms with Crippen molar-refractivity contribution in [2.75, 3.05) is 0 Å². The van der Waals surface area contributed by atoms with Gasteiger partial charge in [0.25, 0.3) is 0 Å². The van der Waals surface area contributed by atoms with Crippen molar-refractivity contribution >= 4 is 11.8 Å². The van der Waals surface area contributed by atoms with E-state index in [0.717, 1.165) is 11.6 Å². The predicted molar refractivity (Wildman–Crippen MR) is 87.9 cm³/mol. The van der Waals surface area contributed by atoms with Gasteiger partial charge in [0.15, 0.2) is 0 Å². The Labute approximate surface area is 148 Å². The van der Waals surface area contributed by atoms with Gasteiger partial charge in [0.1, 0.15) is 0 Å². The summed E-state index contributed by atoms with van der Waals surface area (Å²) >= 11 is 0. The van der Waals surface area contributed by atoms with E-state index in [9.17, 15) is 22.8 Å². The van der Waals surface area contributed by atoms with Gasteiger partial charge in [-0.25, -0.2) is 0 Å². The average molecular weight is 359 g/mol. The lowest BCUT2D eigenvalue weighted by molar-refractivity contribution is -0.141. The summed E-state index contributed by atoms with van der Waals surface area (Å²) in [6, 6.07) is 14.4. The highest BCUT2D eigenvalue weighted by molar-refractivity contribution is 6.08. The molecule has 1 aliphatic carbocycles. The lowest BCUT2D eigenvalue weighted by Crippen LogP contribution is -2.31. The van der Waals surface area contributed by atoms with Gasteiger partial charge in [-0.05, 0) is 23.6 Å². The molecule has 0 bridgehead atoms. The lowest BCUT2D eigenvalue weighted by Gasteiger charge is -2.16. The van der Waals surface area contributed by atoms with Crippen molar-refractivity contribution in [3.63, 3.8) is 0 Å². The molecule has 0 radical (unpaired) electrons. The summed E-state index contributed by atoms with van der Waals surface area (Å²) < 4.78 is 39.9. The van der Waals surface area contributed by atoms with Crippen molar-refractivity contribution in [2.45, 2.75) is 31.5 Å². The normalized spacial score (nSPS) is 25.2. The van der Waals surface area contributed by atoms with Crippen molar-refractivity contribution in [2.24, 2.45) is 5.41 Å². The Morgan fingerprint density at radius 3 is 2.35 bits per heavy atom. The minimum atomic E-state index is -4.48. The van der Waals surface area contributed by atoms with Gasteiger partial charge in [-0.1, -0.05) is 48.5 Å². The molecule has 1 heterocycles. The Morgan fingerprint density at radius 2 is 1.65 bits per heavy atom. The van der Waals surface area contributed by atoms with Crippen LogP contribution in [0.4, 0.5) is 13.2 Å². The highest BCUT2D eigenvalue weighted by Gasteiger charge is 2.67. The van der Waals surface area contributed by atoms with Gasteiger partial charge in [0.2, 0.25) is 11.8 Å². The van der Waals surface area contributed by atoms with Crippen LogP contribution in [0.25, 0.3) is 0 Å². The Morgan fingerprint density at radius 1 is 1.00 bits per heavy atom. The zero-order chi connectivity index (χ0) is 18.5. The van der Waals surface area contributed by atoms with Crippen molar-refractivity contribution in [1.82, 2.24) is 4.90 Å². The topological polar surface area (TPSA) is 37.4 Å². The number of hydrogen-bond acceptors (Lipinski definition) is 2. The van der Waals surface area contributed by atoms with Crippen molar-refractivity contribution in [1.29, 1.82) is 0 Å². The number of amides is 2. The second-order valence-electron chi connectivity index (χ2n) is 6.95. The molecular formula is C20H16F3NO2. The van der Waals surface area contributed by atoms with Gasteiger partial charge in [0.05, 0.1) is 17.5 Å². The smallest absolute Gasteiger partial charge is 0.278 e. The van der Waals surface area contributed by atoms with Gasteiger partial charge in [0, 0.05) is 12.3 Å². The first-order valence-electron chi connectivity index (χ1n) is 8.38. The average Bonchev–Trinajstić information content (AvgIpc) is 3.29. The van der Waals surface area contributed by atoms with Crippen LogP contribution < -0.4 is 0 Å². The number of alkyl halides is 3. The minimum Gasteiger partial charge on any atom is -0.278 e. The first-order chi connectivity index (χ1) is 12.3. The van der Waals surface area contributed by atoms with Crippen LogP contribution in [0.15, 0.2) is 54.6 Å². The molecule has 2 amide bonds. The number of nitrogens with zero attached hydrogens (tertiary/aromatic N) is 1. The lowest BCUT2D eigenvalue weighted by atomic mass is 9.94. The maximum absolute atomic E-state index is 13.3. The number of rotatable bonds is 3. The molecule has 3 nitrogen and oxygen atoms in total. The van der Waals surface area contributed by atoms with E-state index in [-0.39, 0.29) is 36.8 Å². The summed E-state index contributed by atoms with van der Waals surface area (Å²) in [4.78, 5) is 26.4. The van der Waals surface area contributed by atoms with E-state index in [0.29, 0.717) is 0 Å². The Kier molecular flexibility index (Phi) is 3.68. The number of halogens is 3. The summed E-state index contributed by atoms with van der Waals surface area (Å²) in [5, 5.41) is 0. The van der Waals surface area contributed by atoms with Crippen LogP contribution in [0.2, 0.25) is 0 Å². The SMILES string of the molecule is O=C1CC2(CC2c2ccccc2C(F)(F)F)C(=O)N1Cc1ccccc1. The number of hydrogen-bond donors (Lipinski definition) is 0. The molecule has 4 rings (SSSR count). The summed E-state index contributed by atoms with van der Waals surface area (Å²) in [6.07, 6.45) is -4.21. The molecule has 2 unspecified atom stereocenters. The highest BCUT2D eigenvalue weighted by Crippen LogP contribution is 2.66. The minimum absolute atomic E-state index is 0.0183. The van der Waals surface area contributed by atoms with Crippen LogP contribution in [0, 0.1) is 5.41 Å². The molecule has 2 aromatic carbocycles. The predicted octanol–water partition coefficient (Wildman–Crippen LogP) is 4.14. The fraction of sp³-hybridized carbons (Fsp3) is 0.300. The Hall–Kier alpha value is -2.63. The van der Waals surface area contributed by atoms with E-state index in [4.69, 9.17) is 0 Å². The van der Waals surface area contributed by atoms with Crippen LogP contribution in [-0.2, 0) is 22.3 Å². The summed E-state index contributed by atoms with van der Waals surface area (Å²) in [5.41, 5.74) is -0.793. The first-order valence-corrected chi connectivity index (χ1v) is 8.38. The maximum Gasteiger partial charge on any atom is 0.416 e. The number of imide groups is 1. The maximum atomic E-state index is 13.3. The molecule has 1 saturated carbocycles. The van der Waals surface area contributed by atoms with Gasteiger partial charge in [-0.2, -0.15) is 13.2 Å². The van der Waals surface area contributed by atoms with E-state index in [1.807, 2.05) is 30.3 Å². The number of likely N-dealkylation sites (tertiary alicyclic amines) is 1. The van der Waals surface area contributed by atoms with Crippen molar-refractivity contribution in [3.05, 3.63) is 71.3 Å². The first kappa shape index (κ1) is 16.8. The van der Waals surface area contributed by atoms with Crippen LogP contribution in [0.5, 0.6) is 0 Å². The third kappa shape index (κ3) is 2.60. The molecule has 134 valence electrons. The van der Waals surface area contributed by atoms with E-state index in [1.165, 1.54) is 17.0 Å². The van der Waals surface area contributed by atoms with Crippen molar-refractivity contribution in [3.8, 4) is 0 Å². The van der Waals surface area contributed by atoms with Gasteiger partial charge < -0.3 is 0 Å². The molecular weight excluding hydrogens is 343 g/mol. The zero-order valence-electron chi connectivity index (χ0n) is 13.8. The Bertz CT molecular complexity index is 878. The van der Waals surface area contributed by atoms with Crippen LogP contribution in [0.3, 0.4) is 0 Å². The Balaban J connectivity index is 1.61. The van der Waals surface area contributed by atoms with Crippen LogP contribution >= 0.6 is 0 Å². The number of carbonyl (C=O) groups excluding carboxylic acids is 2. The van der Waals surface area contributed by atoms with Gasteiger partial charge in [-0.3, -0.25) is 14.5 Å². The van der Waals surface area contributed by atoms with E-state index >= 15 is 0 Å². The molecule has 1 spiro atoms.